The molecule has 1 saturated heterocycles. The second-order valence-corrected chi connectivity index (χ2v) is 11.1. The molecule has 36 heavy (non-hydrogen) atoms. The van der Waals surface area contributed by atoms with E-state index in [0.717, 1.165) is 44.2 Å². The number of benzene rings is 3. The Morgan fingerprint density at radius 1 is 0.889 bits per heavy atom. The summed E-state index contributed by atoms with van der Waals surface area (Å²) in [6.07, 6.45) is 0. The minimum absolute atomic E-state index is 0.223. The van der Waals surface area contributed by atoms with Crippen LogP contribution >= 0.6 is 0 Å². The number of piperazine rings is 1. The summed E-state index contributed by atoms with van der Waals surface area (Å²) in [7, 11) is 1.73. The monoisotopic (exact) mass is 484 g/mol. The summed E-state index contributed by atoms with van der Waals surface area (Å²) in [5, 5.41) is 0. The maximum absolute atomic E-state index is 6.69. The third-order valence-electron chi connectivity index (χ3n) is 8.25. The highest BCUT2D eigenvalue weighted by Crippen LogP contribution is 2.54. The Labute approximate surface area is 216 Å². The van der Waals surface area contributed by atoms with Crippen LogP contribution < -0.4 is 14.4 Å². The Hall–Kier alpha value is -2.98. The largest absolute Gasteiger partial charge is 0.497 e. The second kappa shape index (κ2) is 9.48. The van der Waals surface area contributed by atoms with Gasteiger partial charge in [0.2, 0.25) is 0 Å². The number of aryl methyl sites for hydroxylation is 1. The zero-order chi connectivity index (χ0) is 25.6. The fourth-order valence-electron chi connectivity index (χ4n) is 6.24. The summed E-state index contributed by atoms with van der Waals surface area (Å²) in [4.78, 5) is 5.16. The summed E-state index contributed by atoms with van der Waals surface area (Å²) in [6.45, 7) is 18.6. The molecule has 2 aliphatic rings. The Bertz CT molecular complexity index is 1250. The van der Waals surface area contributed by atoms with E-state index < -0.39 is 0 Å². The van der Waals surface area contributed by atoms with Gasteiger partial charge in [0.05, 0.1) is 13.0 Å². The van der Waals surface area contributed by atoms with Crippen molar-refractivity contribution in [2.24, 2.45) is 0 Å². The van der Waals surface area contributed by atoms with Crippen molar-refractivity contribution in [2.75, 3.05) is 38.2 Å². The fraction of sp³-hybridized carbons (Fsp3) is 0.438. The Kier molecular flexibility index (Phi) is 6.50. The topological polar surface area (TPSA) is 24.9 Å². The summed E-state index contributed by atoms with van der Waals surface area (Å²) in [6, 6.07) is 17.5. The van der Waals surface area contributed by atoms with Gasteiger partial charge in [0.15, 0.2) is 0 Å². The molecule has 5 rings (SSSR count). The van der Waals surface area contributed by atoms with E-state index in [1.807, 2.05) is 6.07 Å². The molecule has 1 unspecified atom stereocenters. The third kappa shape index (κ3) is 4.37. The molecule has 0 radical (unpaired) electrons. The highest BCUT2D eigenvalue weighted by atomic mass is 16.5. The summed E-state index contributed by atoms with van der Waals surface area (Å²) < 4.78 is 12.1. The van der Waals surface area contributed by atoms with E-state index in [2.05, 4.69) is 93.8 Å². The van der Waals surface area contributed by atoms with Crippen molar-refractivity contribution in [2.45, 2.75) is 59.6 Å². The zero-order valence-electron chi connectivity index (χ0n) is 22.9. The first kappa shape index (κ1) is 24.7. The number of nitrogens with zero attached hydrogens (tertiary/aromatic N) is 2. The molecule has 0 aromatic heterocycles. The van der Waals surface area contributed by atoms with Crippen LogP contribution in [0.4, 0.5) is 5.69 Å². The predicted molar refractivity (Wildman–Crippen MR) is 149 cm³/mol. The lowest BCUT2D eigenvalue weighted by molar-refractivity contribution is 0.121. The molecule has 4 nitrogen and oxygen atoms in total. The molecule has 3 aromatic carbocycles. The highest BCUT2D eigenvalue weighted by molar-refractivity contribution is 5.72. The minimum Gasteiger partial charge on any atom is -0.497 e. The van der Waals surface area contributed by atoms with Crippen molar-refractivity contribution in [1.82, 2.24) is 4.90 Å². The normalized spacial score (nSPS) is 19.2. The lowest BCUT2D eigenvalue weighted by atomic mass is 9.78. The van der Waals surface area contributed by atoms with E-state index in [1.54, 1.807) is 7.11 Å². The Morgan fingerprint density at radius 2 is 1.58 bits per heavy atom. The van der Waals surface area contributed by atoms with Crippen molar-refractivity contribution in [3.05, 3.63) is 87.5 Å². The summed E-state index contributed by atoms with van der Waals surface area (Å²) >= 11 is 0. The average molecular weight is 485 g/mol. The van der Waals surface area contributed by atoms with Gasteiger partial charge in [-0.2, -0.15) is 0 Å². The summed E-state index contributed by atoms with van der Waals surface area (Å²) in [5.74, 6) is 2.25. The maximum atomic E-state index is 6.69. The van der Waals surface area contributed by atoms with Gasteiger partial charge in [-0.15, -0.1) is 0 Å². The molecule has 1 atom stereocenters. The Balaban J connectivity index is 1.43. The number of rotatable bonds is 5. The van der Waals surface area contributed by atoms with Crippen molar-refractivity contribution in [3.8, 4) is 11.5 Å². The summed E-state index contributed by atoms with van der Waals surface area (Å²) in [5.41, 5.74) is 10.5. The molecule has 2 aliphatic heterocycles. The van der Waals surface area contributed by atoms with Crippen LogP contribution in [0, 0.1) is 27.7 Å². The SMILES string of the molecule is COc1cccc(CN2CCN(c3c(C)c(C)c4c(c3C)C(c3ccc(C)cc3)C(C)(C)O4)CC2)c1. The number of anilines is 1. The van der Waals surface area contributed by atoms with Gasteiger partial charge in [-0.1, -0.05) is 42.0 Å². The first-order valence-electron chi connectivity index (χ1n) is 13.2. The molecular weight excluding hydrogens is 444 g/mol. The van der Waals surface area contributed by atoms with Gasteiger partial charge in [0.25, 0.3) is 0 Å². The maximum Gasteiger partial charge on any atom is 0.127 e. The van der Waals surface area contributed by atoms with Gasteiger partial charge in [-0.05, 0) is 81.5 Å². The number of methoxy groups -OCH3 is 1. The molecule has 1 fully saturated rings. The highest BCUT2D eigenvalue weighted by Gasteiger charge is 2.45. The predicted octanol–water partition coefficient (Wildman–Crippen LogP) is 6.55. The number of fused-ring (bicyclic) bond motifs is 1. The van der Waals surface area contributed by atoms with Crippen LogP contribution in [-0.4, -0.2) is 43.8 Å². The molecule has 3 aromatic rings. The molecule has 0 aliphatic carbocycles. The number of hydrogen-bond acceptors (Lipinski definition) is 4. The van der Waals surface area contributed by atoms with E-state index in [4.69, 9.17) is 9.47 Å². The second-order valence-electron chi connectivity index (χ2n) is 11.1. The van der Waals surface area contributed by atoms with E-state index in [0.29, 0.717) is 0 Å². The van der Waals surface area contributed by atoms with Gasteiger partial charge < -0.3 is 14.4 Å². The zero-order valence-corrected chi connectivity index (χ0v) is 22.9. The van der Waals surface area contributed by atoms with Crippen LogP contribution in [0.2, 0.25) is 0 Å². The first-order chi connectivity index (χ1) is 17.2. The third-order valence-corrected chi connectivity index (χ3v) is 8.25. The van der Waals surface area contributed by atoms with Crippen LogP contribution in [0.25, 0.3) is 0 Å². The van der Waals surface area contributed by atoms with E-state index in [-0.39, 0.29) is 11.5 Å². The minimum atomic E-state index is -0.284. The molecule has 2 heterocycles. The van der Waals surface area contributed by atoms with Crippen molar-refractivity contribution in [3.63, 3.8) is 0 Å². The fourth-order valence-corrected chi connectivity index (χ4v) is 6.24. The molecule has 0 spiro atoms. The molecular formula is C32H40N2O2. The van der Waals surface area contributed by atoms with Crippen molar-refractivity contribution < 1.29 is 9.47 Å². The van der Waals surface area contributed by atoms with Crippen LogP contribution in [0.1, 0.15) is 58.7 Å². The van der Waals surface area contributed by atoms with Crippen LogP contribution in [0.3, 0.4) is 0 Å². The van der Waals surface area contributed by atoms with Crippen molar-refractivity contribution in [1.29, 1.82) is 0 Å². The molecule has 0 bridgehead atoms. The molecule has 0 amide bonds. The average Bonchev–Trinajstić information content (AvgIpc) is 3.16. The number of ether oxygens (including phenoxy) is 2. The van der Waals surface area contributed by atoms with Crippen LogP contribution in [0.5, 0.6) is 11.5 Å². The van der Waals surface area contributed by atoms with Gasteiger partial charge in [0.1, 0.15) is 17.1 Å². The lowest BCUT2D eigenvalue weighted by Crippen LogP contribution is -2.46. The van der Waals surface area contributed by atoms with Crippen LogP contribution in [0.15, 0.2) is 48.5 Å². The standard InChI is InChI=1S/C32H40N2O2/c1-21-11-13-26(14-12-21)29-28-24(4)30(22(2)23(3)31(28)36-32(29,5)6)34-17-15-33(16-18-34)20-25-9-8-10-27(19-25)35-7/h8-14,19,29H,15-18,20H2,1-7H3. The van der Waals surface area contributed by atoms with E-state index >= 15 is 0 Å². The van der Waals surface area contributed by atoms with E-state index in [1.165, 1.54) is 44.6 Å². The lowest BCUT2D eigenvalue weighted by Gasteiger charge is -2.38. The van der Waals surface area contributed by atoms with Gasteiger partial charge in [0, 0.05) is 44.0 Å². The van der Waals surface area contributed by atoms with Gasteiger partial charge >= 0.3 is 0 Å². The molecule has 0 saturated carbocycles. The Morgan fingerprint density at radius 3 is 2.25 bits per heavy atom. The van der Waals surface area contributed by atoms with Gasteiger partial charge in [-0.25, -0.2) is 0 Å². The quantitative estimate of drug-likeness (QED) is 0.410. The van der Waals surface area contributed by atoms with Gasteiger partial charge in [-0.3, -0.25) is 4.90 Å². The molecule has 0 N–H and O–H groups in total. The van der Waals surface area contributed by atoms with Crippen LogP contribution in [-0.2, 0) is 6.54 Å². The smallest absolute Gasteiger partial charge is 0.127 e. The molecule has 190 valence electrons. The van der Waals surface area contributed by atoms with Crippen molar-refractivity contribution >= 4 is 5.69 Å². The van der Waals surface area contributed by atoms with E-state index in [9.17, 15) is 0 Å². The first-order valence-corrected chi connectivity index (χ1v) is 13.2. The molecule has 4 heteroatoms. The number of hydrogen-bond donors (Lipinski definition) is 0.